The molecule has 2 atom stereocenters. The first-order chi connectivity index (χ1) is 13.4. The van der Waals surface area contributed by atoms with Gasteiger partial charge in [0.15, 0.2) is 0 Å². The lowest BCUT2D eigenvalue weighted by Gasteiger charge is -2.16. The van der Waals surface area contributed by atoms with E-state index in [1.54, 1.807) is 0 Å². The minimum absolute atomic E-state index is 0.217. The minimum atomic E-state index is -0.311. The van der Waals surface area contributed by atoms with Crippen LogP contribution in [-0.4, -0.2) is 44.0 Å². The number of pyridine rings is 1. The molecule has 1 N–H and O–H groups in total. The Kier molecular flexibility index (Phi) is 5.21. The van der Waals surface area contributed by atoms with Crippen molar-refractivity contribution in [1.82, 2.24) is 19.7 Å². The Morgan fingerprint density at radius 2 is 1.89 bits per heavy atom. The van der Waals surface area contributed by atoms with Gasteiger partial charge in [-0.3, -0.25) is 14.6 Å². The number of aromatic nitrogens is 3. The van der Waals surface area contributed by atoms with Crippen molar-refractivity contribution >= 4 is 10.9 Å². The summed E-state index contributed by atoms with van der Waals surface area (Å²) in [6.45, 7) is 11.0. The minimum Gasteiger partial charge on any atom is -0.391 e. The van der Waals surface area contributed by atoms with E-state index in [-0.39, 0.29) is 12.0 Å². The van der Waals surface area contributed by atoms with Gasteiger partial charge in [0, 0.05) is 53.9 Å². The van der Waals surface area contributed by atoms with Crippen LogP contribution in [0.2, 0.25) is 0 Å². The fourth-order valence-electron chi connectivity index (χ4n) is 4.41. The predicted molar refractivity (Wildman–Crippen MR) is 112 cm³/mol. The fourth-order valence-corrected chi connectivity index (χ4v) is 4.41. The van der Waals surface area contributed by atoms with Gasteiger partial charge in [0.05, 0.1) is 17.3 Å². The second-order valence-electron chi connectivity index (χ2n) is 8.41. The largest absolute Gasteiger partial charge is 0.391 e. The van der Waals surface area contributed by atoms with E-state index in [4.69, 9.17) is 10.1 Å². The number of aliphatic hydroxyl groups is 1. The fraction of sp³-hybridized carbons (Fsp3) is 0.478. The zero-order valence-corrected chi connectivity index (χ0v) is 17.3. The van der Waals surface area contributed by atoms with Crippen LogP contribution in [0.15, 0.2) is 36.4 Å². The number of aryl methyl sites for hydroxylation is 1. The van der Waals surface area contributed by atoms with Crippen LogP contribution in [0.1, 0.15) is 42.5 Å². The second-order valence-corrected chi connectivity index (χ2v) is 8.41. The molecule has 0 radical (unpaired) electrons. The van der Waals surface area contributed by atoms with Crippen molar-refractivity contribution in [1.29, 1.82) is 0 Å². The van der Waals surface area contributed by atoms with Gasteiger partial charge < -0.3 is 5.11 Å². The highest BCUT2D eigenvalue weighted by atomic mass is 16.3. The van der Waals surface area contributed by atoms with Crippen molar-refractivity contribution in [3.8, 4) is 0 Å². The summed E-state index contributed by atoms with van der Waals surface area (Å²) < 4.78 is 2.10. The van der Waals surface area contributed by atoms with Crippen molar-refractivity contribution in [2.45, 2.75) is 52.8 Å². The van der Waals surface area contributed by atoms with Crippen LogP contribution < -0.4 is 0 Å². The van der Waals surface area contributed by atoms with Gasteiger partial charge in [-0.05, 0) is 46.2 Å². The summed E-state index contributed by atoms with van der Waals surface area (Å²) in [6.07, 6.45) is 0.500. The average Bonchev–Trinajstić information content (AvgIpc) is 3.15. The number of β-amino-alcohol motifs (C(OH)–C–C–N with tert-alkyl or cyclic N) is 1. The highest BCUT2D eigenvalue weighted by molar-refractivity contribution is 5.78. The summed E-state index contributed by atoms with van der Waals surface area (Å²) in [7, 11) is 0. The Hall–Kier alpha value is -2.24. The summed E-state index contributed by atoms with van der Waals surface area (Å²) in [4.78, 5) is 7.15. The predicted octanol–water partition coefficient (Wildman–Crippen LogP) is 3.66. The maximum absolute atomic E-state index is 10.7. The van der Waals surface area contributed by atoms with Crippen LogP contribution in [0.25, 0.3) is 10.9 Å². The first kappa shape index (κ1) is 19.1. The number of likely N-dealkylation sites (tertiary alicyclic amines) is 1. The van der Waals surface area contributed by atoms with Crippen LogP contribution in [-0.2, 0) is 13.0 Å². The molecule has 5 heteroatoms. The van der Waals surface area contributed by atoms with E-state index in [9.17, 15) is 5.11 Å². The highest BCUT2D eigenvalue weighted by Gasteiger charge is 2.32. The van der Waals surface area contributed by atoms with Crippen LogP contribution in [0, 0.1) is 19.8 Å². The van der Waals surface area contributed by atoms with E-state index >= 15 is 0 Å². The van der Waals surface area contributed by atoms with Crippen LogP contribution >= 0.6 is 0 Å². The van der Waals surface area contributed by atoms with Gasteiger partial charge in [0.2, 0.25) is 0 Å². The van der Waals surface area contributed by atoms with E-state index in [0.29, 0.717) is 12.6 Å². The first-order valence-electron chi connectivity index (χ1n) is 10.2. The molecule has 1 saturated heterocycles. The van der Waals surface area contributed by atoms with Gasteiger partial charge in [-0.15, -0.1) is 0 Å². The molecular weight excluding hydrogens is 348 g/mol. The number of hydrogen-bond donors (Lipinski definition) is 1. The molecule has 28 heavy (non-hydrogen) atoms. The number of rotatable bonds is 5. The number of aliphatic hydroxyl groups excluding tert-OH is 1. The molecule has 1 aliphatic rings. The summed E-state index contributed by atoms with van der Waals surface area (Å²) in [5, 5.41) is 16.5. The topological polar surface area (TPSA) is 54.2 Å². The van der Waals surface area contributed by atoms with Crippen molar-refractivity contribution in [2.75, 3.05) is 13.1 Å². The van der Waals surface area contributed by atoms with E-state index in [2.05, 4.69) is 55.5 Å². The molecule has 3 heterocycles. The van der Waals surface area contributed by atoms with E-state index in [0.717, 1.165) is 41.8 Å². The molecule has 5 nitrogen and oxygen atoms in total. The lowest BCUT2D eigenvalue weighted by molar-refractivity contribution is 0.140. The van der Waals surface area contributed by atoms with Crippen molar-refractivity contribution in [3.05, 3.63) is 59.0 Å². The van der Waals surface area contributed by atoms with Gasteiger partial charge in [0.25, 0.3) is 0 Å². The van der Waals surface area contributed by atoms with Crippen molar-refractivity contribution in [3.63, 3.8) is 0 Å². The first-order valence-corrected chi connectivity index (χ1v) is 10.2. The Labute approximate surface area is 167 Å². The average molecular weight is 379 g/mol. The smallest absolute Gasteiger partial charge is 0.0711 e. The number of hydrogen-bond acceptors (Lipinski definition) is 4. The molecule has 0 saturated carbocycles. The number of para-hydroxylation sites is 1. The molecule has 1 aromatic carbocycles. The van der Waals surface area contributed by atoms with Gasteiger partial charge in [-0.25, -0.2) is 0 Å². The molecule has 2 aromatic heterocycles. The highest BCUT2D eigenvalue weighted by Crippen LogP contribution is 2.26. The maximum Gasteiger partial charge on any atom is 0.0711 e. The van der Waals surface area contributed by atoms with Gasteiger partial charge in [-0.2, -0.15) is 5.10 Å². The Balaban J connectivity index is 1.46. The zero-order valence-electron chi connectivity index (χ0n) is 17.3. The number of fused-ring (bicyclic) bond motifs is 1. The van der Waals surface area contributed by atoms with E-state index in [1.807, 2.05) is 18.2 Å². The molecule has 0 spiro atoms. The normalized spacial score (nSPS) is 20.5. The summed E-state index contributed by atoms with van der Waals surface area (Å²) in [5.74, 6) is 0.217. The van der Waals surface area contributed by atoms with Gasteiger partial charge in [-0.1, -0.05) is 24.3 Å². The standard InChI is InChI=1S/C23H30N4O/c1-15(2)27-17(4)21(16(3)25-27)13-26-12-19(23(28)14-26)11-20-10-9-18-7-5-6-8-22(18)24-20/h5-10,15,19,23,28H,11-14H2,1-4H3. The maximum atomic E-state index is 10.7. The summed E-state index contributed by atoms with van der Waals surface area (Å²) >= 11 is 0. The number of benzene rings is 1. The third-order valence-electron chi connectivity index (χ3n) is 5.96. The molecule has 3 aromatic rings. The van der Waals surface area contributed by atoms with Crippen LogP contribution in [0.4, 0.5) is 0 Å². The SMILES string of the molecule is Cc1nn(C(C)C)c(C)c1CN1CC(O)C(Cc2ccc3ccccc3n2)C1. The van der Waals surface area contributed by atoms with Gasteiger partial charge in [0.1, 0.15) is 0 Å². The second kappa shape index (κ2) is 7.64. The molecule has 0 aliphatic carbocycles. The monoisotopic (exact) mass is 378 g/mol. The number of nitrogens with zero attached hydrogens (tertiary/aromatic N) is 4. The molecule has 2 unspecified atom stereocenters. The zero-order chi connectivity index (χ0) is 19.8. The molecule has 4 rings (SSSR count). The molecular formula is C23H30N4O. The third-order valence-corrected chi connectivity index (χ3v) is 5.96. The van der Waals surface area contributed by atoms with E-state index in [1.165, 1.54) is 11.3 Å². The Bertz CT molecular complexity index is 978. The van der Waals surface area contributed by atoms with Crippen LogP contribution in [0.3, 0.4) is 0 Å². The summed E-state index contributed by atoms with van der Waals surface area (Å²) in [6, 6.07) is 12.8. The van der Waals surface area contributed by atoms with Crippen molar-refractivity contribution in [2.24, 2.45) is 5.92 Å². The Morgan fingerprint density at radius 3 is 2.64 bits per heavy atom. The van der Waals surface area contributed by atoms with Crippen LogP contribution in [0.5, 0.6) is 0 Å². The quantitative estimate of drug-likeness (QED) is 0.736. The molecule has 1 aliphatic heterocycles. The summed E-state index contributed by atoms with van der Waals surface area (Å²) in [5.41, 5.74) is 5.72. The third kappa shape index (κ3) is 3.69. The molecule has 148 valence electrons. The molecule has 0 amide bonds. The van der Waals surface area contributed by atoms with Crippen molar-refractivity contribution < 1.29 is 5.11 Å². The lowest BCUT2D eigenvalue weighted by atomic mass is 9.99. The molecule has 1 fully saturated rings. The van der Waals surface area contributed by atoms with E-state index < -0.39 is 0 Å². The Morgan fingerprint density at radius 1 is 1.11 bits per heavy atom. The lowest BCUT2D eigenvalue weighted by Crippen LogP contribution is -2.22. The molecule has 0 bridgehead atoms. The van der Waals surface area contributed by atoms with Gasteiger partial charge >= 0.3 is 0 Å².